The standard InChI is InChI=1S/C67H130O6/c1-5-7-9-11-13-15-17-19-21-23-27-32-36-40-44-48-52-56-60-67(70)73-64(61-71-65(68)58-54-50-46-42-38-34-30-22-20-18-16-14-12-10-8-6-2)62-72-66(69)59-55-51-47-43-39-35-31-28-25-24-26-29-33-37-41-45-49-53-57-63(3)4/h63-64H,5-62H2,1-4H3/t64-/m0/s1. The van der Waals surface area contributed by atoms with Gasteiger partial charge in [-0.25, -0.2) is 0 Å². The van der Waals surface area contributed by atoms with Crippen LogP contribution in [0.1, 0.15) is 387 Å². The minimum atomic E-state index is -0.763. The fourth-order valence-electron chi connectivity index (χ4n) is 10.5. The lowest BCUT2D eigenvalue weighted by atomic mass is 10.0. The lowest BCUT2D eigenvalue weighted by Gasteiger charge is -2.18. The summed E-state index contributed by atoms with van der Waals surface area (Å²) in [5.74, 6) is 0.0355. The molecule has 6 nitrogen and oxygen atoms in total. The number of hydrogen-bond acceptors (Lipinski definition) is 6. The third-order valence-corrected chi connectivity index (χ3v) is 15.5. The Labute approximate surface area is 457 Å². The average Bonchev–Trinajstić information content (AvgIpc) is 3.38. The van der Waals surface area contributed by atoms with Gasteiger partial charge in [0.25, 0.3) is 0 Å². The number of esters is 3. The molecule has 0 radical (unpaired) electrons. The number of carbonyl (C=O) groups is 3. The van der Waals surface area contributed by atoms with Crippen molar-refractivity contribution in [3.05, 3.63) is 0 Å². The van der Waals surface area contributed by atoms with E-state index in [1.807, 2.05) is 0 Å². The van der Waals surface area contributed by atoms with Crippen LogP contribution in [-0.4, -0.2) is 37.2 Å². The summed E-state index contributed by atoms with van der Waals surface area (Å²) >= 11 is 0. The van der Waals surface area contributed by atoms with Gasteiger partial charge in [-0.1, -0.05) is 349 Å². The maximum Gasteiger partial charge on any atom is 0.306 e. The van der Waals surface area contributed by atoms with Crippen molar-refractivity contribution in [2.45, 2.75) is 393 Å². The zero-order chi connectivity index (χ0) is 53.0. The fraction of sp³-hybridized carbons (Fsp3) is 0.955. The predicted octanol–water partition coefficient (Wildman–Crippen LogP) is 22.5. The molecule has 0 saturated carbocycles. The summed E-state index contributed by atoms with van der Waals surface area (Å²) in [6.07, 6.45) is 69.7. The van der Waals surface area contributed by atoms with Crippen molar-refractivity contribution in [1.29, 1.82) is 0 Å². The predicted molar refractivity (Wildman–Crippen MR) is 317 cm³/mol. The zero-order valence-corrected chi connectivity index (χ0v) is 50.1. The molecule has 0 aromatic heterocycles. The molecule has 0 aromatic rings. The Hall–Kier alpha value is -1.59. The second kappa shape index (κ2) is 61.3. The van der Waals surface area contributed by atoms with Crippen LogP contribution >= 0.6 is 0 Å². The largest absolute Gasteiger partial charge is 0.462 e. The van der Waals surface area contributed by atoms with Gasteiger partial charge in [0.1, 0.15) is 13.2 Å². The minimum Gasteiger partial charge on any atom is -0.462 e. The van der Waals surface area contributed by atoms with E-state index in [1.165, 1.54) is 283 Å². The smallest absolute Gasteiger partial charge is 0.306 e. The molecule has 0 spiro atoms. The van der Waals surface area contributed by atoms with Crippen LogP contribution in [0.15, 0.2) is 0 Å². The van der Waals surface area contributed by atoms with Crippen molar-refractivity contribution in [3.8, 4) is 0 Å². The first-order valence-electron chi connectivity index (χ1n) is 33.4. The summed E-state index contributed by atoms with van der Waals surface area (Å²) in [5, 5.41) is 0. The van der Waals surface area contributed by atoms with E-state index in [0.29, 0.717) is 19.3 Å². The molecule has 73 heavy (non-hydrogen) atoms. The maximum atomic E-state index is 12.9. The van der Waals surface area contributed by atoms with Gasteiger partial charge in [0.05, 0.1) is 0 Å². The molecule has 0 heterocycles. The van der Waals surface area contributed by atoms with E-state index in [2.05, 4.69) is 27.7 Å². The summed E-state index contributed by atoms with van der Waals surface area (Å²) < 4.78 is 17.0. The number of unbranched alkanes of at least 4 members (excludes halogenated alkanes) is 49. The van der Waals surface area contributed by atoms with Crippen LogP contribution in [0, 0.1) is 5.92 Å². The summed E-state index contributed by atoms with van der Waals surface area (Å²) in [5.41, 5.74) is 0. The summed E-state index contributed by atoms with van der Waals surface area (Å²) in [6.45, 7) is 9.11. The molecular formula is C67H130O6. The van der Waals surface area contributed by atoms with E-state index >= 15 is 0 Å². The van der Waals surface area contributed by atoms with Crippen LogP contribution in [0.3, 0.4) is 0 Å². The van der Waals surface area contributed by atoms with Crippen molar-refractivity contribution < 1.29 is 28.6 Å². The van der Waals surface area contributed by atoms with E-state index in [0.717, 1.165) is 63.7 Å². The highest BCUT2D eigenvalue weighted by Crippen LogP contribution is 2.19. The Kier molecular flexibility index (Phi) is 59.9. The van der Waals surface area contributed by atoms with Crippen LogP contribution in [0.4, 0.5) is 0 Å². The molecule has 0 rings (SSSR count). The van der Waals surface area contributed by atoms with Gasteiger partial charge in [-0.05, 0) is 25.2 Å². The van der Waals surface area contributed by atoms with E-state index in [9.17, 15) is 14.4 Å². The Morgan fingerprint density at radius 1 is 0.260 bits per heavy atom. The topological polar surface area (TPSA) is 78.9 Å². The van der Waals surface area contributed by atoms with Crippen LogP contribution in [0.2, 0.25) is 0 Å². The number of carbonyl (C=O) groups excluding carboxylic acids is 3. The van der Waals surface area contributed by atoms with Crippen molar-refractivity contribution in [3.63, 3.8) is 0 Å². The molecule has 0 aliphatic heterocycles. The zero-order valence-electron chi connectivity index (χ0n) is 50.1. The molecule has 0 aliphatic carbocycles. The third-order valence-electron chi connectivity index (χ3n) is 15.5. The van der Waals surface area contributed by atoms with Gasteiger partial charge < -0.3 is 14.2 Å². The van der Waals surface area contributed by atoms with Crippen molar-refractivity contribution in [2.75, 3.05) is 13.2 Å². The van der Waals surface area contributed by atoms with Gasteiger partial charge in [-0.2, -0.15) is 0 Å². The highest BCUT2D eigenvalue weighted by Gasteiger charge is 2.19. The molecule has 0 bridgehead atoms. The summed E-state index contributed by atoms with van der Waals surface area (Å²) in [4.78, 5) is 38.4. The van der Waals surface area contributed by atoms with Gasteiger partial charge in [-0.15, -0.1) is 0 Å². The van der Waals surface area contributed by atoms with Gasteiger partial charge in [0.2, 0.25) is 0 Å². The molecular weight excluding hydrogens is 901 g/mol. The molecule has 0 unspecified atom stereocenters. The quantitative estimate of drug-likeness (QED) is 0.0343. The van der Waals surface area contributed by atoms with Crippen molar-refractivity contribution >= 4 is 17.9 Å². The van der Waals surface area contributed by atoms with Crippen LogP contribution < -0.4 is 0 Å². The molecule has 1 atom stereocenters. The average molecular weight is 1030 g/mol. The normalized spacial score (nSPS) is 12.0. The van der Waals surface area contributed by atoms with Gasteiger partial charge >= 0.3 is 17.9 Å². The molecule has 0 aromatic carbocycles. The van der Waals surface area contributed by atoms with E-state index < -0.39 is 6.10 Å². The highest BCUT2D eigenvalue weighted by molar-refractivity contribution is 5.71. The van der Waals surface area contributed by atoms with Crippen LogP contribution in [-0.2, 0) is 28.6 Å². The Balaban J connectivity index is 4.26. The van der Waals surface area contributed by atoms with E-state index in [-0.39, 0.29) is 31.1 Å². The molecule has 434 valence electrons. The third kappa shape index (κ3) is 61.1. The highest BCUT2D eigenvalue weighted by atomic mass is 16.6. The first-order valence-corrected chi connectivity index (χ1v) is 33.4. The first kappa shape index (κ1) is 71.4. The fourth-order valence-corrected chi connectivity index (χ4v) is 10.5. The molecule has 0 saturated heterocycles. The molecule has 0 N–H and O–H groups in total. The lowest BCUT2D eigenvalue weighted by molar-refractivity contribution is -0.167. The SMILES string of the molecule is CCCCCCCCCCCCCCCCCCCCC(=O)O[C@@H](COC(=O)CCCCCCCCCCCCCCCCCC)COC(=O)CCCCCCCCCCCCCCCCCCCCC(C)C. The summed E-state index contributed by atoms with van der Waals surface area (Å²) in [6, 6.07) is 0. The van der Waals surface area contributed by atoms with Gasteiger partial charge in [0, 0.05) is 19.3 Å². The minimum absolute atomic E-state index is 0.0608. The summed E-state index contributed by atoms with van der Waals surface area (Å²) in [7, 11) is 0. The number of rotatable bonds is 62. The Morgan fingerprint density at radius 3 is 0.671 bits per heavy atom. The second-order valence-electron chi connectivity index (χ2n) is 23.6. The maximum absolute atomic E-state index is 12.9. The van der Waals surface area contributed by atoms with Crippen LogP contribution in [0.25, 0.3) is 0 Å². The molecule has 6 heteroatoms. The van der Waals surface area contributed by atoms with Crippen molar-refractivity contribution in [1.82, 2.24) is 0 Å². The van der Waals surface area contributed by atoms with E-state index in [4.69, 9.17) is 14.2 Å². The monoisotopic (exact) mass is 1030 g/mol. The van der Waals surface area contributed by atoms with Gasteiger partial charge in [-0.3, -0.25) is 14.4 Å². The van der Waals surface area contributed by atoms with E-state index in [1.54, 1.807) is 0 Å². The second-order valence-corrected chi connectivity index (χ2v) is 23.6. The van der Waals surface area contributed by atoms with Crippen LogP contribution in [0.5, 0.6) is 0 Å². The first-order chi connectivity index (χ1) is 35.9. The Morgan fingerprint density at radius 2 is 0.452 bits per heavy atom. The van der Waals surface area contributed by atoms with Crippen molar-refractivity contribution in [2.24, 2.45) is 5.92 Å². The Bertz CT molecular complexity index is 1110. The van der Waals surface area contributed by atoms with Gasteiger partial charge in [0.15, 0.2) is 6.10 Å². The lowest BCUT2D eigenvalue weighted by Crippen LogP contribution is -2.30. The molecule has 0 amide bonds. The molecule has 0 aliphatic rings. The molecule has 0 fully saturated rings. The number of ether oxygens (including phenoxy) is 3. The number of hydrogen-bond donors (Lipinski definition) is 0.